The van der Waals surface area contributed by atoms with E-state index in [1.165, 1.54) is 6.42 Å². The van der Waals surface area contributed by atoms with Gasteiger partial charge in [-0.05, 0) is 105 Å². The van der Waals surface area contributed by atoms with Gasteiger partial charge < -0.3 is 9.47 Å². The standard InChI is InChI=1S/C25H37F3O5S/c1-23-12-9-17(32-15-31-2)14-16(23)5-6-18-19(23)10-13-24-11-3-4-22(21(24)8-7-20(18)24)33-34(29,30)25(26,27)28/h3-4,16-22H,5-15H2,1-2H3/t16-,17+,18+,19-,20-,21+,22+,23-,24+/m0/s1. The predicted octanol–water partition coefficient (Wildman–Crippen LogP) is 5.81. The van der Waals surface area contributed by atoms with Crippen molar-refractivity contribution < 1.29 is 35.2 Å². The molecule has 0 aromatic carbocycles. The Kier molecular flexibility index (Phi) is 6.43. The molecule has 4 fully saturated rings. The number of methoxy groups -OCH3 is 1. The highest BCUT2D eigenvalue weighted by atomic mass is 32.2. The van der Waals surface area contributed by atoms with Crippen molar-refractivity contribution in [1.29, 1.82) is 0 Å². The molecule has 4 saturated carbocycles. The molecule has 0 aromatic heterocycles. The molecule has 34 heavy (non-hydrogen) atoms. The Hall–Kier alpha value is -0.640. The third-order valence-corrected chi connectivity index (χ3v) is 11.6. The van der Waals surface area contributed by atoms with Crippen molar-refractivity contribution in [2.75, 3.05) is 13.9 Å². The SMILES string of the molecule is COCO[C@@H]1CC[C@@]2(C)[C@@H](CC[C@@H]3[C@@H]2CC[C@@]24CC=C[C@@H](OS(=O)(=O)C(F)(F)F)[C@H]2CC[C@@H]34)C1. The molecular formula is C25H37F3O5S. The van der Waals surface area contributed by atoms with E-state index in [0.717, 1.165) is 57.8 Å². The lowest BCUT2D eigenvalue weighted by molar-refractivity contribution is -0.156. The minimum atomic E-state index is -5.61. The van der Waals surface area contributed by atoms with Crippen LogP contribution in [0, 0.1) is 40.4 Å². The number of rotatable bonds is 5. The number of ether oxygens (including phenoxy) is 2. The Morgan fingerprint density at radius 2 is 1.76 bits per heavy atom. The van der Waals surface area contributed by atoms with Crippen LogP contribution in [0.4, 0.5) is 13.2 Å². The second-order valence-electron chi connectivity index (χ2n) is 11.7. The van der Waals surface area contributed by atoms with Crippen LogP contribution in [0.2, 0.25) is 0 Å². The van der Waals surface area contributed by atoms with Crippen LogP contribution in [-0.2, 0) is 23.8 Å². The molecule has 5 aliphatic rings. The molecule has 194 valence electrons. The highest BCUT2D eigenvalue weighted by molar-refractivity contribution is 7.87. The molecule has 0 amide bonds. The molecule has 9 heteroatoms. The Balaban J connectivity index is 1.34. The number of halogens is 3. The minimum absolute atomic E-state index is 0.135. The van der Waals surface area contributed by atoms with Crippen molar-refractivity contribution in [2.45, 2.75) is 88.8 Å². The van der Waals surface area contributed by atoms with E-state index in [2.05, 4.69) is 6.92 Å². The molecule has 5 aliphatic carbocycles. The number of alkyl halides is 3. The van der Waals surface area contributed by atoms with Gasteiger partial charge in [0.2, 0.25) is 0 Å². The highest BCUT2D eigenvalue weighted by Gasteiger charge is 2.63. The maximum absolute atomic E-state index is 13.0. The molecule has 0 unspecified atom stereocenters. The third kappa shape index (κ3) is 3.88. The summed E-state index contributed by atoms with van der Waals surface area (Å²) < 4.78 is 78.5. The zero-order chi connectivity index (χ0) is 24.4. The van der Waals surface area contributed by atoms with E-state index in [1.54, 1.807) is 13.2 Å². The van der Waals surface area contributed by atoms with Crippen molar-refractivity contribution in [1.82, 2.24) is 0 Å². The van der Waals surface area contributed by atoms with Crippen molar-refractivity contribution in [2.24, 2.45) is 40.4 Å². The molecule has 0 bridgehead atoms. The van der Waals surface area contributed by atoms with Crippen LogP contribution in [-0.4, -0.2) is 40.0 Å². The molecule has 0 N–H and O–H groups in total. The number of hydrogen-bond donors (Lipinski definition) is 0. The maximum Gasteiger partial charge on any atom is 0.523 e. The van der Waals surface area contributed by atoms with E-state index in [1.807, 2.05) is 6.08 Å². The normalized spacial score (nSPS) is 46.3. The van der Waals surface area contributed by atoms with E-state index < -0.39 is 21.7 Å². The van der Waals surface area contributed by atoms with Gasteiger partial charge in [-0.1, -0.05) is 19.1 Å². The van der Waals surface area contributed by atoms with Gasteiger partial charge in [0, 0.05) is 7.11 Å². The zero-order valence-electron chi connectivity index (χ0n) is 20.1. The summed E-state index contributed by atoms with van der Waals surface area (Å²) in [5, 5.41) is 0. The Labute approximate surface area is 200 Å². The molecule has 0 aromatic rings. The summed E-state index contributed by atoms with van der Waals surface area (Å²) in [6.07, 6.45) is 12.8. The monoisotopic (exact) mass is 506 g/mol. The molecule has 0 aliphatic heterocycles. The molecule has 0 saturated heterocycles. The first-order valence-electron chi connectivity index (χ1n) is 12.8. The average Bonchev–Trinajstić information content (AvgIpc) is 3.17. The summed E-state index contributed by atoms with van der Waals surface area (Å²) in [6, 6.07) is 0. The van der Waals surface area contributed by atoms with Crippen LogP contribution in [0.1, 0.15) is 71.1 Å². The van der Waals surface area contributed by atoms with Crippen LogP contribution in [0.15, 0.2) is 12.2 Å². The molecule has 0 radical (unpaired) electrons. The minimum Gasteiger partial charge on any atom is -0.359 e. The van der Waals surface area contributed by atoms with Gasteiger partial charge in [-0.25, -0.2) is 0 Å². The van der Waals surface area contributed by atoms with Gasteiger partial charge in [0.1, 0.15) is 6.79 Å². The summed E-state index contributed by atoms with van der Waals surface area (Å²) in [5.41, 5.74) is -5.25. The van der Waals surface area contributed by atoms with E-state index in [-0.39, 0.29) is 22.9 Å². The number of allylic oxidation sites excluding steroid dienone is 1. The topological polar surface area (TPSA) is 61.8 Å². The fourth-order valence-electron chi connectivity index (χ4n) is 9.14. The van der Waals surface area contributed by atoms with Crippen LogP contribution < -0.4 is 0 Å². The van der Waals surface area contributed by atoms with Crippen LogP contribution in [0.3, 0.4) is 0 Å². The summed E-state index contributed by atoms with van der Waals surface area (Å²) >= 11 is 0. The lowest BCUT2D eigenvalue weighted by atomic mass is 9.43. The Morgan fingerprint density at radius 3 is 2.50 bits per heavy atom. The molecule has 0 heterocycles. The fraction of sp³-hybridized carbons (Fsp3) is 0.920. The van der Waals surface area contributed by atoms with Gasteiger partial charge >= 0.3 is 15.6 Å². The van der Waals surface area contributed by atoms with E-state index >= 15 is 0 Å². The van der Waals surface area contributed by atoms with Gasteiger partial charge in [-0.15, -0.1) is 0 Å². The number of fused-ring (bicyclic) bond motifs is 4. The van der Waals surface area contributed by atoms with Gasteiger partial charge in [0.05, 0.1) is 12.2 Å². The van der Waals surface area contributed by atoms with Crippen LogP contribution in [0.5, 0.6) is 0 Å². The largest absolute Gasteiger partial charge is 0.523 e. The first-order valence-corrected chi connectivity index (χ1v) is 14.2. The van der Waals surface area contributed by atoms with Gasteiger partial charge in [0.15, 0.2) is 0 Å². The molecular weight excluding hydrogens is 469 g/mol. The summed E-state index contributed by atoms with van der Waals surface area (Å²) in [5.74, 6) is 2.08. The van der Waals surface area contributed by atoms with Gasteiger partial charge in [0.25, 0.3) is 0 Å². The predicted molar refractivity (Wildman–Crippen MR) is 120 cm³/mol. The van der Waals surface area contributed by atoms with Crippen LogP contribution in [0.25, 0.3) is 0 Å². The van der Waals surface area contributed by atoms with Crippen molar-refractivity contribution in [3.8, 4) is 0 Å². The van der Waals surface area contributed by atoms with E-state index in [9.17, 15) is 21.6 Å². The molecule has 5 rings (SSSR count). The number of hydrogen-bond acceptors (Lipinski definition) is 5. The zero-order valence-corrected chi connectivity index (χ0v) is 20.9. The van der Waals surface area contributed by atoms with E-state index in [0.29, 0.717) is 30.5 Å². The van der Waals surface area contributed by atoms with Crippen molar-refractivity contribution in [3.05, 3.63) is 12.2 Å². The van der Waals surface area contributed by atoms with Crippen molar-refractivity contribution in [3.63, 3.8) is 0 Å². The molecule has 5 nitrogen and oxygen atoms in total. The van der Waals surface area contributed by atoms with Crippen LogP contribution >= 0.6 is 0 Å². The maximum atomic E-state index is 13.0. The average molecular weight is 507 g/mol. The van der Waals surface area contributed by atoms with Gasteiger partial charge in [-0.2, -0.15) is 21.6 Å². The second-order valence-corrected chi connectivity index (χ2v) is 13.2. The summed E-state index contributed by atoms with van der Waals surface area (Å²) in [6.45, 7) is 2.81. The summed E-state index contributed by atoms with van der Waals surface area (Å²) in [7, 11) is -3.96. The molecule has 1 spiro atoms. The highest BCUT2D eigenvalue weighted by Crippen LogP contribution is 2.69. The van der Waals surface area contributed by atoms with Gasteiger partial charge in [-0.3, -0.25) is 4.18 Å². The lowest BCUT2D eigenvalue weighted by Gasteiger charge is -2.62. The first kappa shape index (κ1) is 25.0. The van der Waals surface area contributed by atoms with Crippen molar-refractivity contribution >= 4 is 10.1 Å². The summed E-state index contributed by atoms with van der Waals surface area (Å²) in [4.78, 5) is 0. The Bertz CT molecular complexity index is 905. The lowest BCUT2D eigenvalue weighted by Crippen LogP contribution is -2.55. The van der Waals surface area contributed by atoms with E-state index in [4.69, 9.17) is 13.7 Å². The molecule has 9 atom stereocenters. The Morgan fingerprint density at radius 1 is 1.00 bits per heavy atom. The fourth-order valence-corrected chi connectivity index (χ4v) is 9.74. The smallest absolute Gasteiger partial charge is 0.359 e. The third-order valence-electron chi connectivity index (χ3n) is 10.6. The first-order chi connectivity index (χ1) is 16.0. The quantitative estimate of drug-likeness (QED) is 0.204. The second kappa shape index (κ2) is 8.73.